The molecule has 1 N–H and O–H groups in total. The number of amides is 2. The van der Waals surface area contributed by atoms with Gasteiger partial charge in [-0.2, -0.15) is 0 Å². The van der Waals surface area contributed by atoms with Gasteiger partial charge in [-0.3, -0.25) is 19.8 Å². The highest BCUT2D eigenvalue weighted by molar-refractivity contribution is 7.15. The number of benzene rings is 1. The van der Waals surface area contributed by atoms with Crippen LogP contribution in [0.5, 0.6) is 5.75 Å². The predicted octanol–water partition coefficient (Wildman–Crippen LogP) is 1.46. The Labute approximate surface area is 130 Å². The first-order valence-electron chi connectivity index (χ1n) is 6.82. The molecule has 0 spiro atoms. The van der Waals surface area contributed by atoms with Gasteiger partial charge in [-0.05, 0) is 18.6 Å². The maximum absolute atomic E-state index is 12.1. The average Bonchev–Trinajstić information content (AvgIpc) is 2.98. The summed E-state index contributed by atoms with van der Waals surface area (Å²) in [6.07, 6.45) is 0.767. The number of ether oxygens (including phenoxy) is 1. The molecule has 0 saturated heterocycles. The van der Waals surface area contributed by atoms with Crippen LogP contribution in [0.2, 0.25) is 0 Å². The van der Waals surface area contributed by atoms with Crippen LogP contribution in [0.15, 0.2) is 24.3 Å². The molecule has 1 aromatic carbocycles. The van der Waals surface area contributed by atoms with Crippen molar-refractivity contribution in [2.24, 2.45) is 0 Å². The number of nitrogens with one attached hydrogen (secondary N) is 1. The number of anilines is 2. The fourth-order valence-corrected chi connectivity index (χ4v) is 2.77. The first kappa shape index (κ1) is 14.5. The van der Waals surface area contributed by atoms with Gasteiger partial charge >= 0.3 is 0 Å². The normalized spacial score (nSPS) is 13.5. The Kier molecular flexibility index (Phi) is 4.01. The van der Waals surface area contributed by atoms with Crippen molar-refractivity contribution in [3.8, 4) is 5.75 Å². The molecule has 114 valence electrons. The van der Waals surface area contributed by atoms with Gasteiger partial charge < -0.3 is 4.74 Å². The van der Waals surface area contributed by atoms with Crippen molar-refractivity contribution in [3.63, 3.8) is 0 Å². The highest BCUT2D eigenvalue weighted by Crippen LogP contribution is 2.31. The Morgan fingerprint density at radius 2 is 2.23 bits per heavy atom. The lowest BCUT2D eigenvalue weighted by molar-refractivity contribution is -0.123. The van der Waals surface area contributed by atoms with Crippen molar-refractivity contribution in [2.75, 3.05) is 23.4 Å². The van der Waals surface area contributed by atoms with Crippen molar-refractivity contribution < 1.29 is 14.3 Å². The van der Waals surface area contributed by atoms with E-state index in [1.807, 2.05) is 13.0 Å². The minimum absolute atomic E-state index is 0.0664. The van der Waals surface area contributed by atoms with Gasteiger partial charge in [0.15, 0.2) is 6.61 Å². The molecule has 1 aromatic heterocycles. The van der Waals surface area contributed by atoms with Gasteiger partial charge in [0.05, 0.1) is 5.69 Å². The molecule has 2 amide bonds. The van der Waals surface area contributed by atoms with E-state index in [2.05, 4.69) is 15.5 Å². The summed E-state index contributed by atoms with van der Waals surface area (Å²) in [5.41, 5.74) is 0.598. The second kappa shape index (κ2) is 6.10. The first-order valence-corrected chi connectivity index (χ1v) is 7.63. The summed E-state index contributed by atoms with van der Waals surface area (Å²) < 4.78 is 5.34. The Morgan fingerprint density at radius 1 is 1.41 bits per heavy atom. The van der Waals surface area contributed by atoms with Gasteiger partial charge in [-0.25, -0.2) is 0 Å². The zero-order valence-corrected chi connectivity index (χ0v) is 12.7. The third-order valence-electron chi connectivity index (χ3n) is 3.13. The number of aromatic nitrogens is 2. The molecule has 8 heteroatoms. The van der Waals surface area contributed by atoms with Crippen LogP contribution >= 0.6 is 11.3 Å². The average molecular weight is 318 g/mol. The highest BCUT2D eigenvalue weighted by Gasteiger charge is 2.27. The van der Waals surface area contributed by atoms with Crippen LogP contribution < -0.4 is 15.0 Å². The number of hydrogen-bond donors (Lipinski definition) is 1. The molecule has 0 bridgehead atoms. The summed E-state index contributed by atoms with van der Waals surface area (Å²) in [4.78, 5) is 25.5. The van der Waals surface area contributed by atoms with Crippen LogP contribution in [0.25, 0.3) is 0 Å². The Morgan fingerprint density at radius 3 is 3.00 bits per heavy atom. The van der Waals surface area contributed by atoms with E-state index in [9.17, 15) is 9.59 Å². The maximum atomic E-state index is 12.1. The lowest BCUT2D eigenvalue weighted by Crippen LogP contribution is -2.43. The fourth-order valence-electron chi connectivity index (χ4n) is 2.08. The van der Waals surface area contributed by atoms with Crippen molar-refractivity contribution in [2.45, 2.75) is 13.3 Å². The van der Waals surface area contributed by atoms with Crippen molar-refractivity contribution >= 4 is 34.0 Å². The minimum atomic E-state index is -0.316. The third kappa shape index (κ3) is 2.91. The summed E-state index contributed by atoms with van der Waals surface area (Å²) >= 11 is 1.33. The number of para-hydroxylation sites is 2. The minimum Gasteiger partial charge on any atom is -0.482 e. The highest BCUT2D eigenvalue weighted by atomic mass is 32.1. The van der Waals surface area contributed by atoms with E-state index in [-0.39, 0.29) is 25.0 Å². The largest absolute Gasteiger partial charge is 0.482 e. The molecule has 0 atom stereocenters. The first-order chi connectivity index (χ1) is 10.7. The smallest absolute Gasteiger partial charge is 0.265 e. The van der Waals surface area contributed by atoms with Crippen molar-refractivity contribution in [1.82, 2.24) is 10.2 Å². The van der Waals surface area contributed by atoms with Crippen LogP contribution in [0.4, 0.5) is 10.8 Å². The Balaban J connectivity index is 1.72. The van der Waals surface area contributed by atoms with E-state index in [1.165, 1.54) is 16.2 Å². The molecular formula is C14H14N4O3S. The molecule has 7 nitrogen and oxygen atoms in total. The van der Waals surface area contributed by atoms with Crippen LogP contribution in [-0.2, 0) is 16.0 Å². The molecule has 0 radical (unpaired) electrons. The zero-order valence-electron chi connectivity index (χ0n) is 11.9. The molecule has 2 heterocycles. The van der Waals surface area contributed by atoms with E-state index in [0.717, 1.165) is 11.4 Å². The third-order valence-corrected chi connectivity index (χ3v) is 4.11. The van der Waals surface area contributed by atoms with Crippen molar-refractivity contribution in [3.05, 3.63) is 29.3 Å². The van der Waals surface area contributed by atoms with Gasteiger partial charge in [0.25, 0.3) is 5.91 Å². The van der Waals surface area contributed by atoms with Crippen LogP contribution in [-0.4, -0.2) is 35.2 Å². The summed E-state index contributed by atoms with van der Waals surface area (Å²) in [6.45, 7) is 1.82. The Hall–Kier alpha value is -2.48. The second-order valence-corrected chi connectivity index (χ2v) is 5.70. The monoisotopic (exact) mass is 318 g/mol. The molecule has 0 fully saturated rings. The maximum Gasteiger partial charge on any atom is 0.265 e. The number of carbonyl (C=O) groups is 2. The standard InChI is InChI=1S/C14H14N4O3S/c1-2-12-16-17-14(22-12)15-11(19)7-18-9-5-3-4-6-10(9)21-8-13(18)20/h3-6H,2,7-8H2,1H3,(H,15,17,19). The topological polar surface area (TPSA) is 84.4 Å². The summed E-state index contributed by atoms with van der Waals surface area (Å²) in [6, 6.07) is 7.13. The van der Waals surface area contributed by atoms with Crippen LogP contribution in [0.1, 0.15) is 11.9 Å². The summed E-state index contributed by atoms with van der Waals surface area (Å²) in [7, 11) is 0. The number of aryl methyl sites for hydroxylation is 1. The predicted molar refractivity (Wildman–Crippen MR) is 82.2 cm³/mol. The van der Waals surface area contributed by atoms with Crippen LogP contribution in [0.3, 0.4) is 0 Å². The summed E-state index contributed by atoms with van der Waals surface area (Å²) in [5.74, 6) is 0.0308. The summed E-state index contributed by atoms with van der Waals surface area (Å²) in [5, 5.41) is 11.8. The van der Waals surface area contributed by atoms with Gasteiger partial charge in [0.1, 0.15) is 17.3 Å². The van der Waals surface area contributed by atoms with E-state index < -0.39 is 0 Å². The molecule has 22 heavy (non-hydrogen) atoms. The number of rotatable bonds is 4. The zero-order chi connectivity index (χ0) is 15.5. The molecule has 1 aliphatic rings. The van der Waals surface area contributed by atoms with E-state index >= 15 is 0 Å². The number of nitrogens with zero attached hydrogens (tertiary/aromatic N) is 3. The SMILES string of the molecule is CCc1nnc(NC(=O)CN2C(=O)COc3ccccc32)s1. The number of carbonyl (C=O) groups excluding carboxylic acids is 2. The molecule has 1 aliphatic heterocycles. The molecule has 3 rings (SSSR count). The Bertz CT molecular complexity index is 716. The molecule has 0 saturated carbocycles. The van der Waals surface area contributed by atoms with Gasteiger partial charge in [0, 0.05) is 0 Å². The lowest BCUT2D eigenvalue weighted by Gasteiger charge is -2.28. The van der Waals surface area contributed by atoms with Crippen molar-refractivity contribution in [1.29, 1.82) is 0 Å². The molecule has 0 unspecified atom stereocenters. The number of fused-ring (bicyclic) bond motifs is 1. The second-order valence-electron chi connectivity index (χ2n) is 4.64. The fraction of sp³-hybridized carbons (Fsp3) is 0.286. The number of hydrogen-bond acceptors (Lipinski definition) is 6. The molecule has 0 aliphatic carbocycles. The lowest BCUT2D eigenvalue weighted by atomic mass is 10.2. The quantitative estimate of drug-likeness (QED) is 0.922. The van der Waals surface area contributed by atoms with Gasteiger partial charge in [-0.15, -0.1) is 10.2 Å². The molecule has 2 aromatic rings. The van der Waals surface area contributed by atoms with E-state index in [0.29, 0.717) is 16.6 Å². The van der Waals surface area contributed by atoms with Gasteiger partial charge in [0.2, 0.25) is 11.0 Å². The molecular weight excluding hydrogens is 304 g/mol. The van der Waals surface area contributed by atoms with E-state index in [4.69, 9.17) is 4.74 Å². The van der Waals surface area contributed by atoms with E-state index in [1.54, 1.807) is 18.2 Å². The van der Waals surface area contributed by atoms with Gasteiger partial charge in [-0.1, -0.05) is 30.4 Å². The van der Waals surface area contributed by atoms with Crippen LogP contribution in [0, 0.1) is 0 Å².